The van der Waals surface area contributed by atoms with Crippen molar-refractivity contribution >= 4 is 29.3 Å². The summed E-state index contributed by atoms with van der Waals surface area (Å²) in [5.41, 5.74) is 3.62. The third-order valence-electron chi connectivity index (χ3n) is 7.22. The average molecular weight is 582 g/mol. The van der Waals surface area contributed by atoms with E-state index < -0.39 is 5.54 Å². The van der Waals surface area contributed by atoms with Gasteiger partial charge < -0.3 is 9.30 Å². The topological polar surface area (TPSA) is 102 Å². The van der Waals surface area contributed by atoms with Crippen LogP contribution in [0.25, 0.3) is 22.5 Å². The lowest BCUT2D eigenvalue weighted by Crippen LogP contribution is -2.51. The molecule has 1 atom stereocenters. The van der Waals surface area contributed by atoms with Crippen LogP contribution in [0, 0.1) is 0 Å². The van der Waals surface area contributed by atoms with Crippen molar-refractivity contribution in [3.8, 4) is 22.5 Å². The Labute approximate surface area is 244 Å². The zero-order valence-electron chi connectivity index (χ0n) is 23.6. The molecule has 0 aliphatic carbocycles. The second kappa shape index (κ2) is 13.4. The molecule has 4 rings (SSSR count). The summed E-state index contributed by atoms with van der Waals surface area (Å²) in [5, 5.41) is 14.9. The summed E-state index contributed by atoms with van der Waals surface area (Å²) < 4.78 is 7.50. The fourth-order valence-corrected chi connectivity index (χ4v) is 5.94. The number of methoxy groups -OCH3 is 1. The first kappa shape index (κ1) is 29.8. The van der Waals surface area contributed by atoms with Gasteiger partial charge in [0.25, 0.3) is 0 Å². The number of thioether (sulfide) groups is 1. The van der Waals surface area contributed by atoms with E-state index in [-0.39, 0.29) is 5.97 Å². The molecule has 0 fully saturated rings. The molecule has 11 heteroatoms. The maximum atomic E-state index is 13.5. The zero-order valence-corrected chi connectivity index (χ0v) is 25.2. The molecule has 4 aromatic rings. The first-order chi connectivity index (χ1) is 19.4. The number of unbranched alkanes of at least 4 members (excludes halogenated alkanes) is 1. The second-order valence-corrected chi connectivity index (χ2v) is 11.2. The highest BCUT2D eigenvalue weighted by atomic mass is 35.5. The van der Waals surface area contributed by atoms with Crippen LogP contribution in [-0.2, 0) is 28.0 Å². The molecular formula is C29H36ClN7O2S. The molecule has 9 nitrogen and oxygen atoms in total. The fourth-order valence-electron chi connectivity index (χ4n) is 5.09. The highest BCUT2D eigenvalue weighted by Crippen LogP contribution is 2.39. The number of aryl methyl sites for hydroxylation is 1. The molecule has 2 aromatic heterocycles. The molecule has 0 amide bonds. The van der Waals surface area contributed by atoms with Crippen LogP contribution in [0.4, 0.5) is 0 Å². The zero-order chi connectivity index (χ0) is 28.7. The van der Waals surface area contributed by atoms with Gasteiger partial charge in [0.2, 0.25) is 5.82 Å². The number of aromatic nitrogens is 6. The quantitative estimate of drug-likeness (QED) is 0.208. The lowest BCUT2D eigenvalue weighted by atomic mass is 9.90. The van der Waals surface area contributed by atoms with Crippen molar-refractivity contribution in [3.05, 3.63) is 70.8 Å². The summed E-state index contributed by atoms with van der Waals surface area (Å²) >= 11 is 8.56. The average Bonchev–Trinajstić information content (AvgIpc) is 3.61. The Balaban J connectivity index is 1.78. The molecule has 0 unspecified atom stereocenters. The highest BCUT2D eigenvalue weighted by molar-refractivity contribution is 7.98. The van der Waals surface area contributed by atoms with Gasteiger partial charge in [-0.25, -0.2) is 9.78 Å². The number of ether oxygens (including phenoxy) is 1. The molecule has 1 N–H and O–H groups in total. The Morgan fingerprint density at radius 3 is 2.48 bits per heavy atom. The van der Waals surface area contributed by atoms with E-state index in [2.05, 4.69) is 56.4 Å². The minimum absolute atomic E-state index is 0.343. The number of esters is 1. The Kier molecular flexibility index (Phi) is 9.99. The number of benzene rings is 2. The maximum absolute atomic E-state index is 13.5. The second-order valence-electron chi connectivity index (χ2n) is 9.82. The van der Waals surface area contributed by atoms with Crippen LogP contribution >= 0.6 is 23.4 Å². The van der Waals surface area contributed by atoms with Crippen molar-refractivity contribution in [1.82, 2.24) is 35.1 Å². The van der Waals surface area contributed by atoms with E-state index >= 15 is 0 Å². The van der Waals surface area contributed by atoms with Gasteiger partial charge in [-0.05, 0) is 60.8 Å². The number of hydrogen-bond donors (Lipinski definition) is 1. The minimum atomic E-state index is -1.07. The molecule has 0 saturated carbocycles. The van der Waals surface area contributed by atoms with Crippen LogP contribution in [0.3, 0.4) is 0 Å². The summed E-state index contributed by atoms with van der Waals surface area (Å²) in [6.45, 7) is 2.67. The number of tetrazole rings is 1. The Morgan fingerprint density at radius 2 is 1.88 bits per heavy atom. The predicted octanol–water partition coefficient (Wildman–Crippen LogP) is 5.46. The van der Waals surface area contributed by atoms with Gasteiger partial charge in [-0.1, -0.05) is 73.5 Å². The van der Waals surface area contributed by atoms with E-state index in [0.717, 1.165) is 53.1 Å². The van der Waals surface area contributed by atoms with Gasteiger partial charge in [0.15, 0.2) is 10.7 Å². The van der Waals surface area contributed by atoms with Crippen LogP contribution < -0.4 is 0 Å². The molecule has 2 aromatic carbocycles. The molecule has 0 bridgehead atoms. The maximum Gasteiger partial charge on any atom is 0.332 e. The molecule has 0 saturated heterocycles. The third-order valence-corrected chi connectivity index (χ3v) is 8.10. The number of halogens is 1. The number of nitrogens with one attached hydrogen (secondary N) is 1. The monoisotopic (exact) mass is 581 g/mol. The van der Waals surface area contributed by atoms with E-state index in [0.29, 0.717) is 29.6 Å². The lowest BCUT2D eigenvalue weighted by Gasteiger charge is -2.38. The number of H-pyrrole nitrogens is 1. The number of nitrogens with zero attached hydrogens (tertiary/aromatic N) is 6. The van der Waals surface area contributed by atoms with Crippen molar-refractivity contribution in [3.63, 3.8) is 0 Å². The standard InChI is InChI=1S/C29H36ClN7O2S/c1-6-7-12-24-31-26(30)25(29(36(2)3,17-18-40-5)28(38)39-4)37(24)19-20-13-15-21(16-14-20)22-10-8-9-11-23(22)27-32-34-35-33-27/h8-11,13-16H,6-7,12,17-19H2,1-5H3,(H,32,33,34,35)/t29-/m0/s1. The summed E-state index contributed by atoms with van der Waals surface area (Å²) in [6.07, 6.45) is 5.33. The summed E-state index contributed by atoms with van der Waals surface area (Å²) in [7, 11) is 5.22. The minimum Gasteiger partial charge on any atom is -0.467 e. The van der Waals surface area contributed by atoms with Gasteiger partial charge in [0, 0.05) is 18.5 Å². The Hall–Kier alpha value is -3.21. The van der Waals surface area contributed by atoms with Crippen molar-refractivity contribution in [2.45, 2.75) is 44.7 Å². The molecular weight excluding hydrogens is 546 g/mol. The lowest BCUT2D eigenvalue weighted by molar-refractivity contribution is -0.155. The van der Waals surface area contributed by atoms with Gasteiger partial charge in [-0.3, -0.25) is 4.90 Å². The van der Waals surface area contributed by atoms with Crippen LogP contribution in [0.1, 0.15) is 43.3 Å². The predicted molar refractivity (Wildman–Crippen MR) is 160 cm³/mol. The summed E-state index contributed by atoms with van der Waals surface area (Å²) in [4.78, 5) is 20.2. The van der Waals surface area contributed by atoms with Gasteiger partial charge in [-0.2, -0.15) is 17.0 Å². The normalized spacial score (nSPS) is 13.0. The molecule has 212 valence electrons. The van der Waals surface area contributed by atoms with Crippen LogP contribution in [0.2, 0.25) is 5.15 Å². The van der Waals surface area contributed by atoms with Crippen molar-refractivity contribution in [2.24, 2.45) is 0 Å². The first-order valence-electron chi connectivity index (χ1n) is 13.3. The van der Waals surface area contributed by atoms with E-state index in [9.17, 15) is 4.79 Å². The highest BCUT2D eigenvalue weighted by Gasteiger charge is 2.48. The van der Waals surface area contributed by atoms with Crippen LogP contribution in [0.5, 0.6) is 0 Å². The molecule has 2 heterocycles. The van der Waals surface area contributed by atoms with Gasteiger partial charge in [-0.15, -0.1) is 10.2 Å². The Bertz CT molecular complexity index is 1410. The smallest absolute Gasteiger partial charge is 0.332 e. The third kappa shape index (κ3) is 5.94. The van der Waals surface area contributed by atoms with E-state index in [4.69, 9.17) is 21.3 Å². The molecule has 0 radical (unpaired) electrons. The first-order valence-corrected chi connectivity index (χ1v) is 15.1. The number of hydrogen-bond acceptors (Lipinski definition) is 8. The number of likely N-dealkylation sites (N-methyl/N-ethyl adjacent to an activating group) is 1. The van der Waals surface area contributed by atoms with E-state index in [1.807, 2.05) is 49.5 Å². The Morgan fingerprint density at radius 1 is 1.15 bits per heavy atom. The largest absolute Gasteiger partial charge is 0.467 e. The van der Waals surface area contributed by atoms with Crippen molar-refractivity contribution < 1.29 is 9.53 Å². The number of rotatable bonds is 13. The van der Waals surface area contributed by atoms with E-state index in [1.54, 1.807) is 11.8 Å². The van der Waals surface area contributed by atoms with Gasteiger partial charge >= 0.3 is 5.97 Å². The molecule has 0 spiro atoms. The SMILES string of the molecule is CCCCc1nc(Cl)c([C@@](CCSC)(C(=O)OC)N(C)C)n1Cc1ccc(-c2ccccc2-c2nn[nH]n2)cc1. The number of carbonyl (C=O) groups excluding carboxylic acids is 1. The van der Waals surface area contributed by atoms with Crippen LogP contribution in [-0.4, -0.2) is 74.3 Å². The van der Waals surface area contributed by atoms with Crippen molar-refractivity contribution in [1.29, 1.82) is 0 Å². The molecule has 40 heavy (non-hydrogen) atoms. The summed E-state index contributed by atoms with van der Waals surface area (Å²) in [6, 6.07) is 16.4. The number of imidazole rings is 1. The molecule has 0 aliphatic heterocycles. The molecule has 0 aliphatic rings. The van der Waals surface area contributed by atoms with Crippen LogP contribution in [0.15, 0.2) is 48.5 Å². The summed E-state index contributed by atoms with van der Waals surface area (Å²) in [5.74, 6) is 1.83. The van der Waals surface area contributed by atoms with Gasteiger partial charge in [0.05, 0.1) is 12.8 Å². The fraction of sp³-hybridized carbons (Fsp3) is 0.414. The van der Waals surface area contributed by atoms with Crippen molar-refractivity contribution in [2.75, 3.05) is 33.2 Å². The number of aromatic amines is 1. The van der Waals surface area contributed by atoms with Gasteiger partial charge in [0.1, 0.15) is 5.82 Å². The number of carbonyl (C=O) groups is 1. The van der Waals surface area contributed by atoms with E-state index in [1.165, 1.54) is 7.11 Å².